The molecule has 1 aromatic rings. The minimum atomic E-state index is -0.0276. The highest BCUT2D eigenvalue weighted by atomic mass is 32.2. The molecule has 2 nitrogen and oxygen atoms in total. The quantitative estimate of drug-likeness (QED) is 0.781. The fraction of sp³-hybridized carbons (Fsp3) is 0.588. The van der Waals surface area contributed by atoms with Gasteiger partial charge in [-0.1, -0.05) is 34.6 Å². The van der Waals surface area contributed by atoms with Gasteiger partial charge in [-0.25, -0.2) is 0 Å². The van der Waals surface area contributed by atoms with Crippen molar-refractivity contribution in [3.8, 4) is 5.75 Å². The van der Waals surface area contributed by atoms with E-state index in [2.05, 4.69) is 34.6 Å². The van der Waals surface area contributed by atoms with Crippen LogP contribution in [-0.2, 0) is 10.8 Å². The molecule has 1 aliphatic rings. The first kappa shape index (κ1) is 15.4. The molecule has 3 heteroatoms. The van der Waals surface area contributed by atoms with Gasteiger partial charge in [-0.15, -0.1) is 0 Å². The molecule has 0 amide bonds. The van der Waals surface area contributed by atoms with Gasteiger partial charge in [0.15, 0.2) is 5.78 Å². The van der Waals surface area contributed by atoms with E-state index in [1.165, 1.54) is 5.56 Å². The topological polar surface area (TPSA) is 26.3 Å². The molecule has 0 radical (unpaired) electrons. The van der Waals surface area contributed by atoms with Gasteiger partial charge in [-0.2, -0.15) is 11.8 Å². The number of carbonyl (C=O) groups is 1. The van der Waals surface area contributed by atoms with Gasteiger partial charge in [-0.05, 0) is 23.8 Å². The number of Topliss-reactive ketones (excluding diaryl/α,β-unsaturated/α-hetero) is 1. The third-order valence-corrected chi connectivity index (χ3v) is 4.35. The largest absolute Gasteiger partial charge is 0.492 e. The van der Waals surface area contributed by atoms with Gasteiger partial charge in [0.05, 0.1) is 12.4 Å². The van der Waals surface area contributed by atoms with Crippen molar-refractivity contribution >= 4 is 17.5 Å². The monoisotopic (exact) mass is 292 g/mol. The van der Waals surface area contributed by atoms with Crippen molar-refractivity contribution in [2.75, 3.05) is 18.6 Å². The van der Waals surface area contributed by atoms with Crippen molar-refractivity contribution in [1.29, 1.82) is 0 Å². The second-order valence-corrected chi connectivity index (χ2v) is 8.05. The second-order valence-electron chi connectivity index (χ2n) is 7.18. The normalized spacial score (nSPS) is 16.7. The number of hydrogen-bond acceptors (Lipinski definition) is 3. The molecule has 0 aromatic heterocycles. The summed E-state index contributed by atoms with van der Waals surface area (Å²) < 4.78 is 5.95. The molecule has 0 aliphatic carbocycles. The van der Waals surface area contributed by atoms with E-state index in [0.717, 1.165) is 16.9 Å². The van der Waals surface area contributed by atoms with E-state index < -0.39 is 0 Å². The first-order valence-corrected chi connectivity index (χ1v) is 8.40. The third-order valence-electron chi connectivity index (χ3n) is 3.80. The zero-order chi connectivity index (χ0) is 15.1. The lowest BCUT2D eigenvalue weighted by Gasteiger charge is -2.24. The van der Waals surface area contributed by atoms with Crippen LogP contribution in [0.15, 0.2) is 12.1 Å². The molecule has 0 saturated carbocycles. The van der Waals surface area contributed by atoms with Crippen molar-refractivity contribution in [3.63, 3.8) is 0 Å². The van der Waals surface area contributed by atoms with E-state index >= 15 is 0 Å². The molecular formula is C17H24O2S. The lowest BCUT2D eigenvalue weighted by atomic mass is 9.79. The first-order valence-electron chi connectivity index (χ1n) is 7.01. The summed E-state index contributed by atoms with van der Waals surface area (Å²) in [6.45, 7) is 11.5. The van der Waals surface area contributed by atoms with Crippen molar-refractivity contribution in [2.45, 2.75) is 45.4 Å². The summed E-state index contributed by atoms with van der Waals surface area (Å²) in [6.07, 6.45) is 1.96. The Labute approximate surface area is 126 Å². The number of benzene rings is 1. The zero-order valence-corrected chi connectivity index (χ0v) is 14.1. The van der Waals surface area contributed by atoms with Crippen LogP contribution in [0.5, 0.6) is 5.75 Å². The molecule has 0 unspecified atom stereocenters. The minimum absolute atomic E-state index is 0.0228. The van der Waals surface area contributed by atoms with Gasteiger partial charge in [0.25, 0.3) is 0 Å². The van der Waals surface area contributed by atoms with Crippen LogP contribution in [0.4, 0.5) is 0 Å². The third kappa shape index (κ3) is 2.73. The van der Waals surface area contributed by atoms with Crippen molar-refractivity contribution in [1.82, 2.24) is 0 Å². The molecule has 1 heterocycles. The summed E-state index contributed by atoms with van der Waals surface area (Å²) in [4.78, 5) is 12.3. The summed E-state index contributed by atoms with van der Waals surface area (Å²) in [5, 5.41) is 0. The van der Waals surface area contributed by atoms with Crippen LogP contribution in [0.1, 0.15) is 56.1 Å². The SMILES string of the molecule is CSCC(=O)c1cc(C(C)(C)C)c2c(c1)C(C)(C)CO2. The van der Waals surface area contributed by atoms with Crippen LogP contribution in [-0.4, -0.2) is 24.4 Å². The van der Waals surface area contributed by atoms with E-state index in [0.29, 0.717) is 12.4 Å². The number of fused-ring (bicyclic) bond motifs is 1. The van der Waals surface area contributed by atoms with Gasteiger partial charge < -0.3 is 4.74 Å². The predicted octanol–water partition coefficient (Wildman–Crippen LogP) is 4.20. The van der Waals surface area contributed by atoms with E-state index in [4.69, 9.17) is 4.74 Å². The van der Waals surface area contributed by atoms with Crippen LogP contribution in [0, 0.1) is 0 Å². The van der Waals surface area contributed by atoms with E-state index in [9.17, 15) is 4.79 Å². The number of rotatable bonds is 3. The smallest absolute Gasteiger partial charge is 0.172 e. The average molecular weight is 292 g/mol. The molecule has 0 N–H and O–H groups in total. The molecule has 0 fully saturated rings. The Hall–Kier alpha value is -0.960. The number of hydrogen-bond donors (Lipinski definition) is 0. The fourth-order valence-corrected chi connectivity index (χ4v) is 2.98. The number of carbonyl (C=O) groups excluding carboxylic acids is 1. The predicted molar refractivity (Wildman–Crippen MR) is 86.4 cm³/mol. The molecule has 0 saturated heterocycles. The molecule has 0 atom stereocenters. The molecule has 0 bridgehead atoms. The number of ether oxygens (including phenoxy) is 1. The molecule has 110 valence electrons. The van der Waals surface area contributed by atoms with E-state index in [-0.39, 0.29) is 16.6 Å². The Bertz CT molecular complexity index is 539. The summed E-state index contributed by atoms with van der Waals surface area (Å²) in [7, 11) is 0. The molecule has 1 aliphatic heterocycles. The van der Waals surface area contributed by atoms with Crippen LogP contribution in [0.25, 0.3) is 0 Å². The Morgan fingerprint density at radius 1 is 1.35 bits per heavy atom. The van der Waals surface area contributed by atoms with Crippen molar-refractivity contribution < 1.29 is 9.53 Å². The molecule has 20 heavy (non-hydrogen) atoms. The molecule has 0 spiro atoms. The number of ketones is 1. The van der Waals surface area contributed by atoms with Crippen LogP contribution < -0.4 is 4.74 Å². The Kier molecular flexibility index (Phi) is 3.94. The summed E-state index contributed by atoms with van der Waals surface area (Å²) >= 11 is 1.57. The van der Waals surface area contributed by atoms with Crippen LogP contribution in [0.3, 0.4) is 0 Å². The van der Waals surface area contributed by atoms with Gasteiger partial charge in [0.1, 0.15) is 5.75 Å². The van der Waals surface area contributed by atoms with E-state index in [1.54, 1.807) is 11.8 Å². The standard InChI is InChI=1S/C17H24O2S/c1-16(2,3)12-7-11(14(18)9-20-6)8-13-15(12)19-10-17(13,4)5/h7-8H,9-10H2,1-6H3. The maximum Gasteiger partial charge on any atom is 0.172 e. The van der Waals surface area contributed by atoms with Crippen molar-refractivity contribution in [3.05, 3.63) is 28.8 Å². The maximum atomic E-state index is 12.3. The molecule has 2 rings (SSSR count). The van der Waals surface area contributed by atoms with Gasteiger partial charge in [-0.3, -0.25) is 4.79 Å². The summed E-state index contributed by atoms with van der Waals surface area (Å²) in [5.74, 6) is 1.72. The maximum absolute atomic E-state index is 12.3. The van der Waals surface area contributed by atoms with E-state index in [1.807, 2.05) is 18.4 Å². The van der Waals surface area contributed by atoms with Gasteiger partial charge in [0, 0.05) is 22.1 Å². The lowest BCUT2D eigenvalue weighted by molar-refractivity contribution is 0.102. The van der Waals surface area contributed by atoms with Gasteiger partial charge >= 0.3 is 0 Å². The fourth-order valence-electron chi connectivity index (χ4n) is 2.55. The Balaban J connectivity index is 2.62. The second kappa shape index (κ2) is 5.10. The first-order chi connectivity index (χ1) is 9.16. The van der Waals surface area contributed by atoms with Crippen molar-refractivity contribution in [2.24, 2.45) is 0 Å². The average Bonchev–Trinajstić information content (AvgIpc) is 2.63. The summed E-state index contributed by atoms with van der Waals surface area (Å²) in [5.41, 5.74) is 3.09. The Morgan fingerprint density at radius 2 is 2.00 bits per heavy atom. The molecular weight excluding hydrogens is 268 g/mol. The minimum Gasteiger partial charge on any atom is -0.492 e. The molecule has 1 aromatic carbocycles. The highest BCUT2D eigenvalue weighted by Crippen LogP contribution is 2.45. The summed E-state index contributed by atoms with van der Waals surface area (Å²) in [6, 6.07) is 4.06. The highest BCUT2D eigenvalue weighted by Gasteiger charge is 2.36. The van der Waals surface area contributed by atoms with Crippen LogP contribution >= 0.6 is 11.8 Å². The number of thioether (sulfide) groups is 1. The lowest BCUT2D eigenvalue weighted by Crippen LogP contribution is -2.19. The zero-order valence-electron chi connectivity index (χ0n) is 13.3. The highest BCUT2D eigenvalue weighted by molar-refractivity contribution is 7.99. The van der Waals surface area contributed by atoms with Crippen LogP contribution in [0.2, 0.25) is 0 Å². The Morgan fingerprint density at radius 3 is 2.55 bits per heavy atom. The van der Waals surface area contributed by atoms with Gasteiger partial charge in [0.2, 0.25) is 0 Å².